The maximum Gasteiger partial charge on any atom is 0.408 e. The molecule has 0 fully saturated rings. The van der Waals surface area contributed by atoms with Crippen LogP contribution < -0.4 is 10.6 Å². The number of phenols is 1. The molecule has 0 bridgehead atoms. The number of alkyl carbamates (subject to hydrolysis) is 1. The van der Waals surface area contributed by atoms with Gasteiger partial charge in [0, 0.05) is 23.0 Å². The van der Waals surface area contributed by atoms with Gasteiger partial charge in [-0.1, -0.05) is 50.2 Å². The summed E-state index contributed by atoms with van der Waals surface area (Å²) in [6, 6.07) is 11.2. The lowest BCUT2D eigenvalue weighted by Gasteiger charge is -2.38. The Bertz CT molecular complexity index is 1130. The van der Waals surface area contributed by atoms with E-state index >= 15 is 0 Å². The fourth-order valence-electron chi connectivity index (χ4n) is 4.18. The highest BCUT2D eigenvalue weighted by atomic mass is 32.1. The fourth-order valence-corrected chi connectivity index (χ4v) is 4.43. The van der Waals surface area contributed by atoms with Crippen molar-refractivity contribution in [3.8, 4) is 5.75 Å². The van der Waals surface area contributed by atoms with Gasteiger partial charge in [0.1, 0.15) is 23.4 Å². The number of benzene rings is 2. The Morgan fingerprint density at radius 2 is 1.62 bits per heavy atom. The van der Waals surface area contributed by atoms with E-state index in [-0.39, 0.29) is 17.1 Å². The summed E-state index contributed by atoms with van der Waals surface area (Å²) in [5.41, 5.74) is 0.975. The summed E-state index contributed by atoms with van der Waals surface area (Å²) < 4.78 is 5.37. The quantitative estimate of drug-likeness (QED) is 0.259. The molecule has 3 N–H and O–H groups in total. The number of aryl methyl sites for hydroxylation is 1. The summed E-state index contributed by atoms with van der Waals surface area (Å²) >= 11 is 4.34. The van der Waals surface area contributed by atoms with E-state index in [0.29, 0.717) is 18.0 Å². The first-order valence-electron chi connectivity index (χ1n) is 13.3. The van der Waals surface area contributed by atoms with E-state index in [1.165, 1.54) is 11.0 Å². The van der Waals surface area contributed by atoms with Gasteiger partial charge >= 0.3 is 6.09 Å². The highest BCUT2D eigenvalue weighted by molar-refractivity contribution is 7.80. The Morgan fingerprint density at radius 1 is 1.00 bits per heavy atom. The third-order valence-corrected chi connectivity index (χ3v) is 6.59. The van der Waals surface area contributed by atoms with Gasteiger partial charge in [0.2, 0.25) is 5.91 Å². The summed E-state index contributed by atoms with van der Waals surface area (Å²) in [6.45, 7) is 13.1. The Morgan fingerprint density at radius 3 is 2.18 bits per heavy atom. The third-order valence-electron chi connectivity index (χ3n) is 6.22. The number of rotatable bonds is 11. The molecule has 0 aliphatic rings. The molecule has 3 unspecified atom stereocenters. The zero-order chi connectivity index (χ0) is 29.3. The molecule has 0 saturated carbocycles. The molecule has 9 heteroatoms. The lowest BCUT2D eigenvalue weighted by molar-refractivity contribution is -0.143. The minimum Gasteiger partial charge on any atom is -0.508 e. The van der Waals surface area contributed by atoms with E-state index in [9.17, 15) is 19.5 Å². The van der Waals surface area contributed by atoms with Crippen LogP contribution in [0.1, 0.15) is 71.6 Å². The number of carbonyl (C=O) groups is 3. The molecule has 3 amide bonds. The van der Waals surface area contributed by atoms with Gasteiger partial charge in [-0.2, -0.15) is 12.6 Å². The van der Waals surface area contributed by atoms with Crippen LogP contribution in [0.3, 0.4) is 0 Å². The van der Waals surface area contributed by atoms with Crippen molar-refractivity contribution in [2.45, 2.75) is 85.0 Å². The first-order chi connectivity index (χ1) is 18.2. The number of hydrogen-bond acceptors (Lipinski definition) is 6. The van der Waals surface area contributed by atoms with Crippen LogP contribution in [0.4, 0.5) is 10.5 Å². The lowest BCUT2D eigenvalue weighted by atomic mass is 9.96. The number of anilines is 1. The van der Waals surface area contributed by atoms with E-state index in [4.69, 9.17) is 4.74 Å². The van der Waals surface area contributed by atoms with Crippen LogP contribution in [0.15, 0.2) is 48.5 Å². The van der Waals surface area contributed by atoms with E-state index < -0.39 is 41.6 Å². The summed E-state index contributed by atoms with van der Waals surface area (Å²) in [5, 5.41) is 16.4. The Balaban J connectivity index is 2.59. The van der Waals surface area contributed by atoms with Crippen LogP contribution in [0.2, 0.25) is 0 Å². The maximum absolute atomic E-state index is 14.2. The number of carbonyl (C=O) groups excluding carboxylic acids is 3. The van der Waals surface area contributed by atoms with Gasteiger partial charge in [-0.25, -0.2) is 4.79 Å². The van der Waals surface area contributed by atoms with Crippen LogP contribution in [-0.2, 0) is 14.3 Å². The van der Waals surface area contributed by atoms with Crippen molar-refractivity contribution in [2.75, 3.05) is 11.1 Å². The van der Waals surface area contributed by atoms with Gasteiger partial charge in [-0.3, -0.25) is 9.59 Å². The molecule has 2 rings (SSSR count). The first kappa shape index (κ1) is 32.0. The minimum absolute atomic E-state index is 0.0155. The zero-order valence-electron chi connectivity index (χ0n) is 24.0. The highest BCUT2D eigenvalue weighted by Gasteiger charge is 2.39. The van der Waals surface area contributed by atoms with E-state index in [1.807, 2.05) is 32.0 Å². The maximum atomic E-state index is 14.2. The summed E-state index contributed by atoms with van der Waals surface area (Å²) in [5.74, 6) is -0.738. The standard InChI is InChI=1S/C30H43N3O5S/c1-19(2)16-17-21(4)33(28(36)24(18-39)32-29(37)38-30(5,6)7)26(22-13-9-11-15-25(22)34)27(35)31-23-14-10-8-12-20(23)3/h8-15,19,21,24,26,34,39H,16-18H2,1-7H3,(H,31,35)(H,32,37). The molecular weight excluding hydrogens is 514 g/mol. The molecule has 3 atom stereocenters. The van der Waals surface area contributed by atoms with Crippen molar-refractivity contribution in [3.63, 3.8) is 0 Å². The predicted molar refractivity (Wildman–Crippen MR) is 158 cm³/mol. The number of phenolic OH excluding ortho intramolecular Hbond substituents is 1. The average Bonchev–Trinajstić information content (AvgIpc) is 2.84. The number of para-hydroxylation sites is 2. The molecule has 0 aliphatic carbocycles. The van der Waals surface area contributed by atoms with Crippen molar-refractivity contribution in [1.29, 1.82) is 0 Å². The van der Waals surface area contributed by atoms with Crippen molar-refractivity contribution in [1.82, 2.24) is 10.2 Å². The Kier molecular flexibility index (Phi) is 11.7. The van der Waals surface area contributed by atoms with Gasteiger partial charge in [0.25, 0.3) is 5.91 Å². The molecule has 8 nitrogen and oxygen atoms in total. The predicted octanol–water partition coefficient (Wildman–Crippen LogP) is 5.86. The fraction of sp³-hybridized carbons (Fsp3) is 0.500. The lowest BCUT2D eigenvalue weighted by Crippen LogP contribution is -2.55. The molecule has 39 heavy (non-hydrogen) atoms. The van der Waals surface area contributed by atoms with Gasteiger partial charge < -0.3 is 25.4 Å². The minimum atomic E-state index is -1.18. The van der Waals surface area contributed by atoms with Crippen LogP contribution in [0.25, 0.3) is 0 Å². The number of nitrogens with zero attached hydrogens (tertiary/aromatic N) is 1. The van der Waals surface area contributed by atoms with Gasteiger partial charge in [-0.05, 0) is 71.1 Å². The largest absolute Gasteiger partial charge is 0.508 e. The van der Waals surface area contributed by atoms with E-state index in [0.717, 1.165) is 12.0 Å². The Hall–Kier alpha value is -3.20. The van der Waals surface area contributed by atoms with Gasteiger partial charge in [0.15, 0.2) is 0 Å². The molecule has 2 aromatic carbocycles. The summed E-state index contributed by atoms with van der Waals surface area (Å²) in [4.78, 5) is 42.2. The second kappa shape index (κ2) is 14.3. The second-order valence-electron chi connectivity index (χ2n) is 11.2. The Labute approximate surface area is 237 Å². The number of thiol groups is 1. The molecule has 214 valence electrons. The smallest absolute Gasteiger partial charge is 0.408 e. The number of hydrogen-bond donors (Lipinski definition) is 4. The number of aromatic hydroxyl groups is 1. The summed E-state index contributed by atoms with van der Waals surface area (Å²) in [7, 11) is 0. The van der Waals surface area contributed by atoms with Gasteiger partial charge in [-0.15, -0.1) is 0 Å². The molecule has 0 saturated heterocycles. The number of ether oxygens (including phenoxy) is 1. The van der Waals surface area contributed by atoms with Crippen LogP contribution >= 0.6 is 12.6 Å². The van der Waals surface area contributed by atoms with E-state index in [2.05, 4.69) is 37.1 Å². The molecule has 0 heterocycles. The van der Waals surface area contributed by atoms with Crippen molar-refractivity contribution in [2.24, 2.45) is 5.92 Å². The molecular formula is C30H43N3O5S. The van der Waals surface area contributed by atoms with Crippen LogP contribution in [-0.4, -0.2) is 51.4 Å². The second-order valence-corrected chi connectivity index (χ2v) is 11.6. The van der Waals surface area contributed by atoms with Crippen molar-refractivity contribution < 1.29 is 24.2 Å². The van der Waals surface area contributed by atoms with E-state index in [1.54, 1.807) is 45.0 Å². The molecule has 0 spiro atoms. The molecule has 0 aromatic heterocycles. The number of amides is 3. The first-order valence-corrected chi connectivity index (χ1v) is 13.9. The van der Waals surface area contributed by atoms with Gasteiger partial charge in [0.05, 0.1) is 0 Å². The van der Waals surface area contributed by atoms with Crippen LogP contribution in [0.5, 0.6) is 5.75 Å². The SMILES string of the molecule is Cc1ccccc1NC(=O)C(c1ccccc1O)N(C(=O)C(CS)NC(=O)OC(C)(C)C)C(C)CCC(C)C. The molecule has 0 radical (unpaired) electrons. The topological polar surface area (TPSA) is 108 Å². The normalized spacial score (nSPS) is 13.8. The molecule has 0 aliphatic heterocycles. The zero-order valence-corrected chi connectivity index (χ0v) is 24.9. The number of nitrogens with one attached hydrogen (secondary N) is 2. The molecule has 2 aromatic rings. The van der Waals surface area contributed by atoms with Crippen LogP contribution in [0, 0.1) is 12.8 Å². The summed E-state index contributed by atoms with van der Waals surface area (Å²) in [6.07, 6.45) is 0.660. The van der Waals surface area contributed by atoms with Crippen molar-refractivity contribution >= 4 is 36.2 Å². The van der Waals surface area contributed by atoms with Crippen molar-refractivity contribution in [3.05, 3.63) is 59.7 Å². The highest BCUT2D eigenvalue weighted by Crippen LogP contribution is 2.33. The monoisotopic (exact) mass is 557 g/mol. The average molecular weight is 558 g/mol. The third kappa shape index (κ3) is 9.49.